The summed E-state index contributed by atoms with van der Waals surface area (Å²) in [6.45, 7) is 3.98. The van der Waals surface area contributed by atoms with Gasteiger partial charge in [0.25, 0.3) is 0 Å². The molecule has 0 unspecified atom stereocenters. The van der Waals surface area contributed by atoms with E-state index in [9.17, 15) is 0 Å². The van der Waals surface area contributed by atoms with Crippen LogP contribution in [0.4, 0.5) is 0 Å². The topological polar surface area (TPSA) is 38.3 Å². The second kappa shape index (κ2) is 3.59. The van der Waals surface area contributed by atoms with E-state index in [2.05, 4.69) is 0 Å². The first kappa shape index (κ1) is 10.1. The first-order valence-electron chi connectivity index (χ1n) is 4.96. The Morgan fingerprint density at radius 2 is 2.07 bits per heavy atom. The summed E-state index contributed by atoms with van der Waals surface area (Å²) < 4.78 is 7.59. The zero-order chi connectivity index (χ0) is 11.0. The van der Waals surface area contributed by atoms with Crippen LogP contribution in [0, 0.1) is 13.8 Å². The van der Waals surface area contributed by atoms with Crippen molar-refractivity contribution < 1.29 is 9.52 Å². The molecule has 0 bridgehead atoms. The maximum atomic E-state index is 9.16. The molecule has 0 radical (unpaired) electrons. The summed E-state index contributed by atoms with van der Waals surface area (Å²) in [5.41, 5.74) is 3.02. The summed E-state index contributed by atoms with van der Waals surface area (Å²) in [7, 11) is 1.97. The molecule has 15 heavy (non-hydrogen) atoms. The first-order chi connectivity index (χ1) is 7.13. The molecule has 3 nitrogen and oxygen atoms in total. The normalized spacial score (nSPS) is 10.9. The lowest BCUT2D eigenvalue weighted by Crippen LogP contribution is -1.94. The van der Waals surface area contributed by atoms with E-state index >= 15 is 0 Å². The van der Waals surface area contributed by atoms with Crippen molar-refractivity contribution >= 4 is 0 Å². The number of hydrogen-bond donors (Lipinski definition) is 1. The number of furan rings is 1. The molecule has 0 fully saturated rings. The van der Waals surface area contributed by atoms with Crippen molar-refractivity contribution in [3.8, 4) is 11.5 Å². The maximum absolute atomic E-state index is 9.16. The Labute approximate surface area is 89.0 Å². The smallest absolute Gasteiger partial charge is 0.150 e. The SMILES string of the molecule is Cc1ccc(-c2cc(CO)c(C)n2C)o1. The molecule has 0 atom stereocenters. The van der Waals surface area contributed by atoms with Gasteiger partial charge in [0, 0.05) is 12.7 Å². The van der Waals surface area contributed by atoms with E-state index in [0.29, 0.717) is 0 Å². The molecule has 2 rings (SSSR count). The summed E-state index contributed by atoms with van der Waals surface area (Å²) in [6.07, 6.45) is 0. The van der Waals surface area contributed by atoms with Crippen molar-refractivity contribution in [2.45, 2.75) is 20.5 Å². The van der Waals surface area contributed by atoms with Gasteiger partial charge >= 0.3 is 0 Å². The molecule has 0 amide bonds. The number of aliphatic hydroxyl groups excluding tert-OH is 1. The zero-order valence-corrected chi connectivity index (χ0v) is 9.24. The lowest BCUT2D eigenvalue weighted by molar-refractivity contribution is 0.281. The van der Waals surface area contributed by atoms with Crippen molar-refractivity contribution in [1.82, 2.24) is 4.57 Å². The maximum Gasteiger partial charge on any atom is 0.150 e. The van der Waals surface area contributed by atoms with Gasteiger partial charge in [-0.1, -0.05) is 0 Å². The molecule has 2 aromatic heterocycles. The van der Waals surface area contributed by atoms with Gasteiger partial charge in [-0.25, -0.2) is 0 Å². The number of nitrogens with zero attached hydrogens (tertiary/aromatic N) is 1. The third kappa shape index (κ3) is 1.59. The van der Waals surface area contributed by atoms with Gasteiger partial charge in [0.2, 0.25) is 0 Å². The Bertz CT molecular complexity index is 480. The van der Waals surface area contributed by atoms with Gasteiger partial charge in [-0.2, -0.15) is 0 Å². The standard InChI is InChI=1S/C12H15NO2/c1-8-4-5-12(15-8)11-6-10(7-14)9(2)13(11)3/h4-6,14H,7H2,1-3H3. The molecule has 80 valence electrons. The monoisotopic (exact) mass is 205 g/mol. The van der Waals surface area contributed by atoms with Crippen molar-refractivity contribution in [2.75, 3.05) is 0 Å². The quantitative estimate of drug-likeness (QED) is 0.817. The molecule has 0 aliphatic heterocycles. The second-order valence-corrected chi connectivity index (χ2v) is 3.77. The number of rotatable bonds is 2. The van der Waals surface area contributed by atoms with Gasteiger partial charge in [-0.15, -0.1) is 0 Å². The van der Waals surface area contributed by atoms with Crippen LogP contribution in [0.15, 0.2) is 22.6 Å². The van der Waals surface area contributed by atoms with E-state index in [-0.39, 0.29) is 6.61 Å². The minimum absolute atomic E-state index is 0.0688. The fourth-order valence-corrected chi connectivity index (χ4v) is 1.73. The van der Waals surface area contributed by atoms with Gasteiger partial charge in [-0.05, 0) is 37.6 Å². The molecule has 2 aromatic rings. The number of aryl methyl sites for hydroxylation is 1. The Kier molecular flexibility index (Phi) is 2.40. The highest BCUT2D eigenvalue weighted by Crippen LogP contribution is 2.26. The predicted octanol–water partition coefficient (Wildman–Crippen LogP) is 2.39. The number of aromatic nitrogens is 1. The summed E-state index contributed by atoms with van der Waals surface area (Å²) in [4.78, 5) is 0. The number of hydrogen-bond acceptors (Lipinski definition) is 2. The molecule has 0 aliphatic rings. The van der Waals surface area contributed by atoms with Crippen LogP contribution in [0.3, 0.4) is 0 Å². The predicted molar refractivity (Wildman–Crippen MR) is 58.5 cm³/mol. The lowest BCUT2D eigenvalue weighted by atomic mass is 10.2. The van der Waals surface area contributed by atoms with Gasteiger partial charge in [-0.3, -0.25) is 0 Å². The molecule has 0 aromatic carbocycles. The van der Waals surface area contributed by atoms with Crippen LogP contribution in [-0.2, 0) is 13.7 Å². The van der Waals surface area contributed by atoms with Gasteiger partial charge in [0.1, 0.15) is 5.76 Å². The van der Waals surface area contributed by atoms with E-state index in [4.69, 9.17) is 9.52 Å². The average molecular weight is 205 g/mol. The number of aliphatic hydroxyl groups is 1. The van der Waals surface area contributed by atoms with Crippen LogP contribution < -0.4 is 0 Å². The molecule has 0 spiro atoms. The minimum atomic E-state index is 0.0688. The van der Waals surface area contributed by atoms with Crippen molar-refractivity contribution in [2.24, 2.45) is 7.05 Å². The highest BCUT2D eigenvalue weighted by Gasteiger charge is 2.12. The van der Waals surface area contributed by atoms with Crippen LogP contribution in [-0.4, -0.2) is 9.67 Å². The molecule has 0 saturated heterocycles. The highest BCUT2D eigenvalue weighted by molar-refractivity contribution is 5.56. The Morgan fingerprint density at radius 3 is 2.53 bits per heavy atom. The average Bonchev–Trinajstić information content (AvgIpc) is 2.74. The molecule has 1 N–H and O–H groups in total. The fraction of sp³-hybridized carbons (Fsp3) is 0.333. The summed E-state index contributed by atoms with van der Waals surface area (Å²) >= 11 is 0. The first-order valence-corrected chi connectivity index (χ1v) is 4.96. The molecule has 0 saturated carbocycles. The minimum Gasteiger partial charge on any atom is -0.460 e. The lowest BCUT2D eigenvalue weighted by Gasteiger charge is -2.01. The molecule has 0 aliphatic carbocycles. The Hall–Kier alpha value is -1.48. The van der Waals surface area contributed by atoms with Crippen molar-refractivity contribution in [3.63, 3.8) is 0 Å². The third-order valence-corrected chi connectivity index (χ3v) is 2.80. The Balaban J connectivity index is 2.53. The fourth-order valence-electron chi connectivity index (χ4n) is 1.73. The molecule has 2 heterocycles. The van der Waals surface area contributed by atoms with Crippen LogP contribution in [0.1, 0.15) is 17.0 Å². The molecular weight excluding hydrogens is 190 g/mol. The second-order valence-electron chi connectivity index (χ2n) is 3.77. The van der Waals surface area contributed by atoms with Gasteiger partial charge < -0.3 is 14.1 Å². The van der Waals surface area contributed by atoms with Crippen LogP contribution in [0.2, 0.25) is 0 Å². The summed E-state index contributed by atoms with van der Waals surface area (Å²) in [6, 6.07) is 5.86. The van der Waals surface area contributed by atoms with E-state index in [1.54, 1.807) is 0 Å². The third-order valence-electron chi connectivity index (χ3n) is 2.80. The largest absolute Gasteiger partial charge is 0.460 e. The van der Waals surface area contributed by atoms with E-state index < -0.39 is 0 Å². The van der Waals surface area contributed by atoms with E-state index in [1.165, 1.54) is 0 Å². The highest BCUT2D eigenvalue weighted by atomic mass is 16.3. The van der Waals surface area contributed by atoms with E-state index in [1.807, 2.05) is 43.7 Å². The van der Waals surface area contributed by atoms with Crippen molar-refractivity contribution in [3.05, 3.63) is 35.2 Å². The summed E-state index contributed by atoms with van der Waals surface area (Å²) in [5.74, 6) is 1.74. The van der Waals surface area contributed by atoms with Crippen LogP contribution in [0.5, 0.6) is 0 Å². The van der Waals surface area contributed by atoms with E-state index in [0.717, 1.165) is 28.5 Å². The Morgan fingerprint density at radius 1 is 1.33 bits per heavy atom. The van der Waals surface area contributed by atoms with Gasteiger partial charge in [0.05, 0.1) is 12.3 Å². The summed E-state index contributed by atoms with van der Waals surface area (Å²) in [5, 5.41) is 9.16. The van der Waals surface area contributed by atoms with Crippen molar-refractivity contribution in [1.29, 1.82) is 0 Å². The van der Waals surface area contributed by atoms with Crippen LogP contribution in [0.25, 0.3) is 11.5 Å². The molecule has 3 heteroatoms. The zero-order valence-electron chi connectivity index (χ0n) is 9.24. The molecular formula is C12H15NO2. The van der Waals surface area contributed by atoms with Crippen LogP contribution >= 0.6 is 0 Å². The van der Waals surface area contributed by atoms with Gasteiger partial charge in [0.15, 0.2) is 5.76 Å².